The lowest BCUT2D eigenvalue weighted by atomic mass is 10.1. The van der Waals surface area contributed by atoms with Crippen LogP contribution in [0, 0.1) is 0 Å². The highest BCUT2D eigenvalue weighted by Gasteiger charge is 2.35. The van der Waals surface area contributed by atoms with Gasteiger partial charge in [0.15, 0.2) is 0 Å². The van der Waals surface area contributed by atoms with Gasteiger partial charge in [0.05, 0.1) is 19.4 Å². The topological polar surface area (TPSA) is 49.9 Å². The zero-order valence-corrected chi connectivity index (χ0v) is 13.4. The maximum Gasteiger partial charge on any atom is 0.245 e. The predicted octanol–water partition coefficient (Wildman–Crippen LogP) is 1.23. The van der Waals surface area contributed by atoms with Crippen molar-refractivity contribution in [2.45, 2.75) is 12.5 Å². The average molecular weight is 308 g/mol. The lowest BCUT2D eigenvalue weighted by Crippen LogP contribution is -2.47. The molecule has 1 atom stereocenters. The number of ether oxygens (including phenoxy) is 1. The molecule has 1 aromatic carbocycles. The molecule has 2 amide bonds. The summed E-state index contributed by atoms with van der Waals surface area (Å²) in [6.45, 7) is 0. The molecule has 1 heterocycles. The maximum absolute atomic E-state index is 12.5. The van der Waals surface area contributed by atoms with Gasteiger partial charge in [-0.05, 0) is 17.7 Å². The summed E-state index contributed by atoms with van der Waals surface area (Å²) in [5, 5.41) is 0. The largest absolute Gasteiger partial charge is 0.497 e. The molecule has 1 aromatic rings. The molecule has 5 nitrogen and oxygen atoms in total. The minimum absolute atomic E-state index is 0.0148. The molecule has 0 aliphatic carbocycles. The van der Waals surface area contributed by atoms with Gasteiger partial charge < -0.3 is 14.5 Å². The van der Waals surface area contributed by atoms with Gasteiger partial charge in [-0.1, -0.05) is 12.1 Å². The third-order valence-corrected chi connectivity index (χ3v) is 4.43. The number of nitrogens with zero attached hydrogens (tertiary/aromatic N) is 2. The number of likely N-dealkylation sites (N-methyl/N-ethyl adjacent to an activating group) is 1. The van der Waals surface area contributed by atoms with Gasteiger partial charge in [0.1, 0.15) is 11.8 Å². The van der Waals surface area contributed by atoms with Crippen LogP contribution >= 0.6 is 11.8 Å². The van der Waals surface area contributed by atoms with Crippen molar-refractivity contribution in [2.75, 3.05) is 32.8 Å². The number of carbonyl (C=O) groups is 2. The Kier molecular flexibility index (Phi) is 5.12. The molecular formula is C15H20N2O3S. The van der Waals surface area contributed by atoms with Gasteiger partial charge in [-0.3, -0.25) is 9.59 Å². The molecule has 114 valence electrons. The fraction of sp³-hybridized carbons (Fsp3) is 0.467. The van der Waals surface area contributed by atoms with Crippen LogP contribution in [-0.4, -0.2) is 60.5 Å². The summed E-state index contributed by atoms with van der Waals surface area (Å²) in [7, 11) is 5.04. The van der Waals surface area contributed by atoms with Crippen LogP contribution in [0.15, 0.2) is 24.3 Å². The Hall–Kier alpha value is -1.69. The monoisotopic (exact) mass is 308 g/mol. The van der Waals surface area contributed by atoms with E-state index in [1.807, 2.05) is 24.3 Å². The molecule has 0 bridgehead atoms. The van der Waals surface area contributed by atoms with Gasteiger partial charge in [0, 0.05) is 19.8 Å². The third-order valence-electron chi connectivity index (χ3n) is 3.42. The number of rotatable bonds is 4. The minimum atomic E-state index is -0.344. The van der Waals surface area contributed by atoms with Gasteiger partial charge in [0.2, 0.25) is 11.8 Å². The Morgan fingerprint density at radius 3 is 2.86 bits per heavy atom. The van der Waals surface area contributed by atoms with Gasteiger partial charge >= 0.3 is 0 Å². The fourth-order valence-corrected chi connectivity index (χ4v) is 3.42. The van der Waals surface area contributed by atoms with E-state index in [9.17, 15) is 9.59 Å². The molecule has 1 aliphatic rings. The lowest BCUT2D eigenvalue weighted by molar-refractivity contribution is -0.141. The number of benzene rings is 1. The predicted molar refractivity (Wildman–Crippen MR) is 83.4 cm³/mol. The Labute approximate surface area is 129 Å². The fourth-order valence-electron chi connectivity index (χ4n) is 2.25. The summed E-state index contributed by atoms with van der Waals surface area (Å²) >= 11 is 1.62. The van der Waals surface area contributed by atoms with Crippen molar-refractivity contribution in [3.8, 4) is 5.75 Å². The van der Waals surface area contributed by atoms with Crippen LogP contribution in [0.2, 0.25) is 0 Å². The van der Waals surface area contributed by atoms with Crippen molar-refractivity contribution in [1.29, 1.82) is 0 Å². The summed E-state index contributed by atoms with van der Waals surface area (Å²) in [5.41, 5.74) is 0.896. The average Bonchev–Trinajstić information content (AvgIpc) is 2.95. The summed E-state index contributed by atoms with van der Waals surface area (Å²) in [6, 6.07) is 7.11. The van der Waals surface area contributed by atoms with Gasteiger partial charge in [-0.25, -0.2) is 0 Å². The molecule has 1 fully saturated rings. The summed E-state index contributed by atoms with van der Waals surface area (Å²) in [4.78, 5) is 27.8. The first-order chi connectivity index (χ1) is 10.0. The third kappa shape index (κ3) is 3.69. The summed E-state index contributed by atoms with van der Waals surface area (Å²) in [6.07, 6.45) is 0.287. The SMILES string of the molecule is COc1cccc(CC(=O)N2CSCC2C(=O)N(C)C)c1. The van der Waals surface area contributed by atoms with E-state index in [2.05, 4.69) is 0 Å². The van der Waals surface area contributed by atoms with Crippen LogP contribution < -0.4 is 4.74 Å². The summed E-state index contributed by atoms with van der Waals surface area (Å²) in [5.74, 6) is 1.94. The van der Waals surface area contributed by atoms with Crippen molar-refractivity contribution >= 4 is 23.6 Å². The van der Waals surface area contributed by atoms with E-state index in [0.29, 0.717) is 11.6 Å². The zero-order valence-electron chi connectivity index (χ0n) is 12.5. The van der Waals surface area contributed by atoms with Crippen LogP contribution in [0.5, 0.6) is 5.75 Å². The molecular weight excluding hydrogens is 288 g/mol. The highest BCUT2D eigenvalue weighted by molar-refractivity contribution is 7.99. The number of hydrogen-bond donors (Lipinski definition) is 0. The Morgan fingerprint density at radius 2 is 2.19 bits per heavy atom. The minimum Gasteiger partial charge on any atom is -0.497 e. The van der Waals surface area contributed by atoms with E-state index < -0.39 is 0 Å². The Bertz CT molecular complexity index is 533. The van der Waals surface area contributed by atoms with Gasteiger partial charge in [-0.2, -0.15) is 0 Å². The molecule has 0 saturated carbocycles. The van der Waals surface area contributed by atoms with Crippen LogP contribution in [-0.2, 0) is 16.0 Å². The molecule has 0 aromatic heterocycles. The first-order valence-corrected chi connectivity index (χ1v) is 7.89. The number of hydrogen-bond acceptors (Lipinski definition) is 4. The molecule has 21 heavy (non-hydrogen) atoms. The smallest absolute Gasteiger partial charge is 0.245 e. The summed E-state index contributed by atoms with van der Waals surface area (Å²) < 4.78 is 5.16. The van der Waals surface area contributed by atoms with E-state index in [4.69, 9.17) is 4.74 Å². The standard InChI is InChI=1S/C15H20N2O3S/c1-16(2)15(19)13-9-21-10-17(13)14(18)8-11-5-4-6-12(7-11)20-3/h4-7,13H,8-10H2,1-3H3. The number of methoxy groups -OCH3 is 1. The van der Waals surface area contributed by atoms with E-state index >= 15 is 0 Å². The molecule has 6 heteroatoms. The van der Waals surface area contributed by atoms with Crippen LogP contribution in [0.25, 0.3) is 0 Å². The van der Waals surface area contributed by atoms with E-state index in [1.54, 1.807) is 42.8 Å². The zero-order chi connectivity index (χ0) is 15.4. The molecule has 1 unspecified atom stereocenters. The first-order valence-electron chi connectivity index (χ1n) is 6.74. The van der Waals surface area contributed by atoms with Crippen molar-refractivity contribution in [3.05, 3.63) is 29.8 Å². The van der Waals surface area contributed by atoms with Gasteiger partial charge in [-0.15, -0.1) is 11.8 Å². The molecule has 2 rings (SSSR count). The van der Waals surface area contributed by atoms with Crippen LogP contribution in [0.3, 0.4) is 0 Å². The Morgan fingerprint density at radius 1 is 1.43 bits per heavy atom. The normalized spacial score (nSPS) is 17.7. The molecule has 1 saturated heterocycles. The van der Waals surface area contributed by atoms with Crippen molar-refractivity contribution in [2.24, 2.45) is 0 Å². The van der Waals surface area contributed by atoms with Crippen LogP contribution in [0.4, 0.5) is 0 Å². The molecule has 1 aliphatic heterocycles. The second-order valence-electron chi connectivity index (χ2n) is 5.14. The van der Waals surface area contributed by atoms with Crippen molar-refractivity contribution in [3.63, 3.8) is 0 Å². The second kappa shape index (κ2) is 6.85. The van der Waals surface area contributed by atoms with Crippen molar-refractivity contribution in [1.82, 2.24) is 9.80 Å². The van der Waals surface area contributed by atoms with Gasteiger partial charge in [0.25, 0.3) is 0 Å². The highest BCUT2D eigenvalue weighted by atomic mass is 32.2. The maximum atomic E-state index is 12.5. The number of carbonyl (C=O) groups excluding carboxylic acids is 2. The first kappa shape index (κ1) is 15.7. The van der Waals surface area contributed by atoms with E-state index in [-0.39, 0.29) is 24.3 Å². The quantitative estimate of drug-likeness (QED) is 0.839. The number of thioether (sulfide) groups is 1. The van der Waals surface area contributed by atoms with E-state index in [1.165, 1.54) is 0 Å². The molecule has 0 N–H and O–H groups in total. The van der Waals surface area contributed by atoms with E-state index in [0.717, 1.165) is 11.3 Å². The highest BCUT2D eigenvalue weighted by Crippen LogP contribution is 2.23. The van der Waals surface area contributed by atoms with Crippen molar-refractivity contribution < 1.29 is 14.3 Å². The second-order valence-corrected chi connectivity index (χ2v) is 6.14. The molecule has 0 spiro atoms. The lowest BCUT2D eigenvalue weighted by Gasteiger charge is -2.25. The van der Waals surface area contributed by atoms with Crippen LogP contribution in [0.1, 0.15) is 5.56 Å². The number of amides is 2. The molecule has 0 radical (unpaired) electrons. The Balaban J connectivity index is 2.06.